The summed E-state index contributed by atoms with van der Waals surface area (Å²) in [6, 6.07) is 11.9. The van der Waals surface area contributed by atoms with Gasteiger partial charge in [-0.15, -0.1) is 0 Å². The molecule has 1 atom stereocenters. The number of rotatable bonds is 6. The van der Waals surface area contributed by atoms with Crippen molar-refractivity contribution in [3.63, 3.8) is 0 Å². The van der Waals surface area contributed by atoms with Gasteiger partial charge in [0.1, 0.15) is 11.5 Å². The number of carbonyl (C=O) groups is 1. The molecule has 0 aromatic heterocycles. The van der Waals surface area contributed by atoms with Gasteiger partial charge in [0.05, 0.1) is 17.8 Å². The van der Waals surface area contributed by atoms with Gasteiger partial charge in [0.15, 0.2) is 6.10 Å². The van der Waals surface area contributed by atoms with E-state index in [4.69, 9.17) is 32.7 Å². The fraction of sp³-hybridized carbons (Fsp3) is 0.235. The number of hydrogen-bond acceptors (Lipinski definition) is 3. The highest BCUT2D eigenvalue weighted by atomic mass is 35.5. The van der Waals surface area contributed by atoms with Gasteiger partial charge in [0.2, 0.25) is 0 Å². The third-order valence-electron chi connectivity index (χ3n) is 3.19. The number of hydrogen-bond donors (Lipinski definition) is 1. The summed E-state index contributed by atoms with van der Waals surface area (Å²) in [7, 11) is 1.59. The van der Waals surface area contributed by atoms with Crippen molar-refractivity contribution in [3.05, 3.63) is 52.5 Å². The zero-order chi connectivity index (χ0) is 16.8. The average Bonchev–Trinajstić information content (AvgIpc) is 2.56. The van der Waals surface area contributed by atoms with Crippen molar-refractivity contribution in [2.24, 2.45) is 0 Å². The normalized spacial score (nSPS) is 11.7. The van der Waals surface area contributed by atoms with Crippen LogP contribution in [0, 0.1) is 0 Å². The Hall–Kier alpha value is -1.91. The van der Waals surface area contributed by atoms with E-state index in [0.717, 1.165) is 5.75 Å². The van der Waals surface area contributed by atoms with E-state index >= 15 is 0 Å². The van der Waals surface area contributed by atoms with E-state index in [0.29, 0.717) is 27.9 Å². The number of anilines is 1. The number of ether oxygens (including phenoxy) is 2. The molecule has 0 saturated carbocycles. The number of halogens is 2. The molecule has 0 heterocycles. The van der Waals surface area contributed by atoms with Crippen LogP contribution in [0.15, 0.2) is 42.5 Å². The molecule has 1 amide bonds. The Morgan fingerprint density at radius 1 is 1.13 bits per heavy atom. The molecule has 1 unspecified atom stereocenters. The van der Waals surface area contributed by atoms with Crippen LogP contribution in [0.3, 0.4) is 0 Å². The number of carbonyl (C=O) groups excluding carboxylic acids is 1. The van der Waals surface area contributed by atoms with Crippen molar-refractivity contribution in [2.75, 3.05) is 12.4 Å². The molecule has 4 nitrogen and oxygen atoms in total. The standard InChI is InChI=1S/C17H17Cl2NO3/c1-3-16(23-13-7-5-12(22-2)6-8-13)17(21)20-15-10-11(18)4-9-14(15)19/h4-10,16H,3H2,1-2H3,(H,20,21). The lowest BCUT2D eigenvalue weighted by Crippen LogP contribution is -2.32. The van der Waals surface area contributed by atoms with Crippen LogP contribution >= 0.6 is 23.2 Å². The van der Waals surface area contributed by atoms with Crippen molar-refractivity contribution < 1.29 is 14.3 Å². The molecule has 0 spiro atoms. The fourth-order valence-electron chi connectivity index (χ4n) is 1.95. The van der Waals surface area contributed by atoms with Gasteiger partial charge in [-0.3, -0.25) is 4.79 Å². The first kappa shape index (κ1) is 17.4. The maximum absolute atomic E-state index is 12.4. The molecule has 1 N–H and O–H groups in total. The van der Waals surface area contributed by atoms with Crippen molar-refractivity contribution in [3.8, 4) is 11.5 Å². The monoisotopic (exact) mass is 353 g/mol. The van der Waals surface area contributed by atoms with Gasteiger partial charge in [0, 0.05) is 5.02 Å². The molecule has 2 rings (SSSR count). The molecular weight excluding hydrogens is 337 g/mol. The largest absolute Gasteiger partial charge is 0.497 e. The zero-order valence-electron chi connectivity index (χ0n) is 12.8. The number of amides is 1. The molecular formula is C17H17Cl2NO3. The Balaban J connectivity index is 2.07. The summed E-state index contributed by atoms with van der Waals surface area (Å²) in [5, 5.41) is 3.65. The van der Waals surface area contributed by atoms with Gasteiger partial charge in [-0.1, -0.05) is 30.1 Å². The molecule has 0 radical (unpaired) electrons. The lowest BCUT2D eigenvalue weighted by atomic mass is 10.2. The smallest absolute Gasteiger partial charge is 0.265 e. The van der Waals surface area contributed by atoms with Gasteiger partial charge >= 0.3 is 0 Å². The fourth-order valence-corrected chi connectivity index (χ4v) is 2.28. The van der Waals surface area contributed by atoms with Crippen LogP contribution in [-0.2, 0) is 4.79 Å². The molecule has 0 aliphatic rings. The van der Waals surface area contributed by atoms with E-state index in [1.54, 1.807) is 49.6 Å². The highest BCUT2D eigenvalue weighted by molar-refractivity contribution is 6.35. The molecule has 2 aromatic rings. The SMILES string of the molecule is CCC(Oc1ccc(OC)cc1)C(=O)Nc1cc(Cl)ccc1Cl. The Bertz CT molecular complexity index is 674. The molecule has 6 heteroatoms. The van der Waals surface area contributed by atoms with Gasteiger partial charge in [-0.25, -0.2) is 0 Å². The predicted octanol–water partition coefficient (Wildman–Crippen LogP) is 4.80. The van der Waals surface area contributed by atoms with Crippen molar-refractivity contribution in [2.45, 2.75) is 19.4 Å². The molecule has 122 valence electrons. The number of methoxy groups -OCH3 is 1. The number of nitrogens with one attached hydrogen (secondary N) is 1. The molecule has 0 aliphatic carbocycles. The molecule has 0 saturated heterocycles. The summed E-state index contributed by atoms with van der Waals surface area (Å²) >= 11 is 12.0. The molecule has 0 bridgehead atoms. The minimum atomic E-state index is -0.640. The summed E-state index contributed by atoms with van der Waals surface area (Å²) in [4.78, 5) is 12.4. The summed E-state index contributed by atoms with van der Waals surface area (Å²) < 4.78 is 10.8. The van der Waals surface area contributed by atoms with Crippen molar-refractivity contribution in [1.82, 2.24) is 0 Å². The maximum atomic E-state index is 12.4. The van der Waals surface area contributed by atoms with Gasteiger partial charge in [-0.05, 0) is 48.9 Å². The van der Waals surface area contributed by atoms with Crippen LogP contribution in [0.5, 0.6) is 11.5 Å². The maximum Gasteiger partial charge on any atom is 0.265 e. The first-order valence-electron chi connectivity index (χ1n) is 7.10. The van der Waals surface area contributed by atoms with E-state index in [1.165, 1.54) is 0 Å². The second kappa shape index (κ2) is 8.09. The molecule has 0 aliphatic heterocycles. The lowest BCUT2D eigenvalue weighted by molar-refractivity contribution is -0.122. The lowest BCUT2D eigenvalue weighted by Gasteiger charge is -2.18. The van der Waals surface area contributed by atoms with E-state index in [-0.39, 0.29) is 5.91 Å². The first-order chi connectivity index (χ1) is 11.0. The third-order valence-corrected chi connectivity index (χ3v) is 3.75. The second-order valence-electron chi connectivity index (χ2n) is 4.80. The van der Waals surface area contributed by atoms with Crippen LogP contribution in [0.1, 0.15) is 13.3 Å². The van der Waals surface area contributed by atoms with Crippen molar-refractivity contribution in [1.29, 1.82) is 0 Å². The third kappa shape index (κ3) is 4.78. The minimum Gasteiger partial charge on any atom is -0.497 e. The van der Waals surface area contributed by atoms with Crippen LogP contribution in [0.4, 0.5) is 5.69 Å². The molecule has 23 heavy (non-hydrogen) atoms. The highest BCUT2D eigenvalue weighted by Crippen LogP contribution is 2.26. The average molecular weight is 354 g/mol. The van der Waals surface area contributed by atoms with E-state index < -0.39 is 6.10 Å². The van der Waals surface area contributed by atoms with Gasteiger partial charge in [-0.2, -0.15) is 0 Å². The van der Waals surface area contributed by atoms with Crippen LogP contribution in [0.25, 0.3) is 0 Å². The summed E-state index contributed by atoms with van der Waals surface area (Å²) in [5.41, 5.74) is 0.459. The van der Waals surface area contributed by atoms with Crippen molar-refractivity contribution >= 4 is 34.8 Å². The number of benzene rings is 2. The van der Waals surface area contributed by atoms with E-state index in [9.17, 15) is 4.79 Å². The molecule has 0 fully saturated rings. The second-order valence-corrected chi connectivity index (χ2v) is 5.65. The Morgan fingerprint density at radius 3 is 2.39 bits per heavy atom. The van der Waals surface area contributed by atoms with Crippen LogP contribution in [-0.4, -0.2) is 19.1 Å². The van der Waals surface area contributed by atoms with Gasteiger partial charge in [0.25, 0.3) is 5.91 Å². The summed E-state index contributed by atoms with van der Waals surface area (Å²) in [6.45, 7) is 1.87. The summed E-state index contributed by atoms with van der Waals surface area (Å²) in [6.07, 6.45) is -0.130. The predicted molar refractivity (Wildman–Crippen MR) is 92.8 cm³/mol. The summed E-state index contributed by atoms with van der Waals surface area (Å²) in [5.74, 6) is 1.03. The Labute approximate surface area is 145 Å². The quantitative estimate of drug-likeness (QED) is 0.811. The minimum absolute atomic E-state index is 0.285. The van der Waals surface area contributed by atoms with Crippen LogP contribution < -0.4 is 14.8 Å². The van der Waals surface area contributed by atoms with Crippen LogP contribution in [0.2, 0.25) is 10.0 Å². The first-order valence-corrected chi connectivity index (χ1v) is 7.85. The topological polar surface area (TPSA) is 47.6 Å². The van der Waals surface area contributed by atoms with E-state index in [2.05, 4.69) is 5.32 Å². The molecule has 2 aromatic carbocycles. The Kier molecular flexibility index (Phi) is 6.13. The zero-order valence-corrected chi connectivity index (χ0v) is 14.3. The van der Waals surface area contributed by atoms with E-state index in [1.807, 2.05) is 6.92 Å². The van der Waals surface area contributed by atoms with Gasteiger partial charge < -0.3 is 14.8 Å². The Morgan fingerprint density at radius 2 is 1.78 bits per heavy atom. The highest BCUT2D eigenvalue weighted by Gasteiger charge is 2.19.